The molecule has 0 radical (unpaired) electrons. The Morgan fingerprint density at radius 2 is 1.40 bits per heavy atom. The van der Waals surface area contributed by atoms with Crippen molar-refractivity contribution in [1.82, 2.24) is 0 Å². The Bertz CT molecular complexity index is 1400. The molecule has 0 aliphatic heterocycles. The van der Waals surface area contributed by atoms with Gasteiger partial charge in [-0.1, -0.05) is 24.3 Å². The molecule has 0 saturated carbocycles. The minimum absolute atomic E-state index is 0.0610. The third-order valence-corrected chi connectivity index (χ3v) is 6.01. The highest BCUT2D eigenvalue weighted by Gasteiger charge is 2.20. The molecule has 0 fully saturated rings. The van der Waals surface area contributed by atoms with Crippen molar-refractivity contribution in [3.63, 3.8) is 0 Å². The van der Waals surface area contributed by atoms with Gasteiger partial charge in [0.05, 0.1) is 16.4 Å². The van der Waals surface area contributed by atoms with Crippen molar-refractivity contribution >= 4 is 37.4 Å². The van der Waals surface area contributed by atoms with Crippen molar-refractivity contribution in [1.29, 1.82) is 0 Å². The molecule has 0 aliphatic carbocycles. The van der Waals surface area contributed by atoms with E-state index in [1.54, 1.807) is 24.3 Å². The predicted molar refractivity (Wildman–Crippen MR) is 110 cm³/mol. The van der Waals surface area contributed by atoms with Crippen LogP contribution in [0, 0.1) is 10.1 Å². The summed E-state index contributed by atoms with van der Waals surface area (Å²) in [5.74, 6) is -0.208. The molecule has 0 unspecified atom stereocenters. The van der Waals surface area contributed by atoms with Gasteiger partial charge in [0, 0.05) is 33.7 Å². The van der Waals surface area contributed by atoms with Crippen molar-refractivity contribution in [2.45, 2.75) is 11.5 Å². The molecule has 8 nitrogen and oxygen atoms in total. The van der Waals surface area contributed by atoms with Gasteiger partial charge in [0.25, 0.3) is 15.8 Å². The lowest BCUT2D eigenvalue weighted by Gasteiger charge is -2.11. The molecule has 0 aromatic heterocycles. The van der Waals surface area contributed by atoms with E-state index in [1.165, 1.54) is 42.5 Å². The lowest BCUT2D eigenvalue weighted by atomic mass is 10.0. The van der Waals surface area contributed by atoms with E-state index in [0.29, 0.717) is 21.7 Å². The van der Waals surface area contributed by atoms with E-state index in [9.17, 15) is 28.7 Å². The van der Waals surface area contributed by atoms with Crippen LogP contribution in [0.3, 0.4) is 0 Å². The highest BCUT2D eigenvalue weighted by molar-refractivity contribution is 7.86. The Hall–Kier alpha value is -3.69. The first-order valence-corrected chi connectivity index (χ1v) is 10.2. The van der Waals surface area contributed by atoms with E-state index in [2.05, 4.69) is 0 Å². The molecule has 4 rings (SSSR count). The Morgan fingerprint density at radius 1 is 0.833 bits per heavy atom. The minimum atomic E-state index is -4.19. The summed E-state index contributed by atoms with van der Waals surface area (Å²) in [4.78, 5) is 9.95. The largest absolute Gasteiger partial charge is 0.507 e. The van der Waals surface area contributed by atoms with Gasteiger partial charge < -0.3 is 10.2 Å². The number of rotatable bonds is 5. The van der Waals surface area contributed by atoms with Crippen LogP contribution in [0.1, 0.15) is 5.56 Å². The minimum Gasteiger partial charge on any atom is -0.507 e. The molecule has 152 valence electrons. The second-order valence-corrected chi connectivity index (χ2v) is 8.21. The summed E-state index contributed by atoms with van der Waals surface area (Å²) in [5.41, 5.74) is 0.329. The van der Waals surface area contributed by atoms with Crippen molar-refractivity contribution in [3.8, 4) is 11.5 Å². The smallest absolute Gasteiger partial charge is 0.297 e. The number of nitrogens with zero attached hydrogens (tertiary/aromatic N) is 1. The maximum atomic E-state index is 12.6. The zero-order chi connectivity index (χ0) is 21.5. The summed E-state index contributed by atoms with van der Waals surface area (Å²) in [6.45, 7) is -0.312. The lowest BCUT2D eigenvalue weighted by Crippen LogP contribution is -2.06. The van der Waals surface area contributed by atoms with Crippen molar-refractivity contribution in [3.05, 3.63) is 82.4 Å². The van der Waals surface area contributed by atoms with Crippen molar-refractivity contribution in [2.24, 2.45) is 0 Å². The Kier molecular flexibility index (Phi) is 4.76. The molecule has 0 aliphatic rings. The first kappa shape index (κ1) is 19.6. The summed E-state index contributed by atoms with van der Waals surface area (Å²) in [6, 6.07) is 15.9. The fourth-order valence-corrected chi connectivity index (χ4v) is 4.12. The van der Waals surface area contributed by atoms with Gasteiger partial charge in [-0.25, -0.2) is 0 Å². The molecule has 4 aromatic rings. The zero-order valence-corrected chi connectivity index (χ0v) is 16.2. The summed E-state index contributed by atoms with van der Waals surface area (Å²) in [6.07, 6.45) is 0. The van der Waals surface area contributed by atoms with Gasteiger partial charge in [0.1, 0.15) is 11.5 Å². The van der Waals surface area contributed by atoms with Crippen LogP contribution in [0.15, 0.2) is 71.6 Å². The normalized spacial score (nSPS) is 11.7. The van der Waals surface area contributed by atoms with Gasteiger partial charge in [0.15, 0.2) is 0 Å². The molecule has 0 bridgehead atoms. The van der Waals surface area contributed by atoms with Gasteiger partial charge in [-0.15, -0.1) is 0 Å². The summed E-state index contributed by atoms with van der Waals surface area (Å²) in [7, 11) is -4.19. The van der Waals surface area contributed by atoms with Crippen molar-refractivity contribution in [2.75, 3.05) is 0 Å². The van der Waals surface area contributed by atoms with E-state index in [1.807, 2.05) is 0 Å². The number of nitro groups is 1. The average Bonchev–Trinajstić information content (AvgIpc) is 2.76. The highest BCUT2D eigenvalue weighted by atomic mass is 32.2. The molecule has 30 heavy (non-hydrogen) atoms. The number of hydrogen-bond donors (Lipinski definition) is 2. The Balaban J connectivity index is 1.68. The number of phenols is 2. The van der Waals surface area contributed by atoms with Crippen LogP contribution in [0.4, 0.5) is 5.69 Å². The Morgan fingerprint density at radius 3 is 2.00 bits per heavy atom. The van der Waals surface area contributed by atoms with E-state index >= 15 is 0 Å². The molecule has 0 atom stereocenters. The summed E-state index contributed by atoms with van der Waals surface area (Å²) in [5, 5.41) is 33.1. The van der Waals surface area contributed by atoms with Crippen molar-refractivity contribution < 1.29 is 27.7 Å². The number of nitro benzene ring substituents is 1. The number of aromatic hydroxyl groups is 2. The van der Waals surface area contributed by atoms with Gasteiger partial charge in [-0.05, 0) is 35.9 Å². The van der Waals surface area contributed by atoms with Gasteiger partial charge in [-0.2, -0.15) is 8.42 Å². The van der Waals surface area contributed by atoms with E-state index in [0.717, 1.165) is 0 Å². The number of non-ortho nitro benzene ring substituents is 1. The van der Waals surface area contributed by atoms with Crippen LogP contribution in [0.2, 0.25) is 0 Å². The molecular formula is C21H15NO7S. The van der Waals surface area contributed by atoms with Crippen LogP contribution in [-0.4, -0.2) is 23.6 Å². The van der Waals surface area contributed by atoms with E-state index in [4.69, 9.17) is 4.18 Å². The predicted octanol–water partition coefficient (Wildman–Crippen LogP) is 4.22. The topological polar surface area (TPSA) is 127 Å². The maximum Gasteiger partial charge on any atom is 0.297 e. The number of fused-ring (bicyclic) bond motifs is 2. The highest BCUT2D eigenvalue weighted by Crippen LogP contribution is 2.42. The van der Waals surface area contributed by atoms with Gasteiger partial charge >= 0.3 is 0 Å². The summed E-state index contributed by atoms with van der Waals surface area (Å²) < 4.78 is 30.3. The first-order chi connectivity index (χ1) is 14.3. The second kappa shape index (κ2) is 7.29. The molecule has 4 aromatic carbocycles. The first-order valence-electron chi connectivity index (χ1n) is 8.77. The standard InChI is InChI=1S/C21H15NO7S/c23-20-16-3-1-2-4-17(16)21(24)19-11-15(9-10-18(19)20)30(27,28)29-12-13-5-7-14(8-6-13)22(25)26/h1-11,23-24H,12H2. The lowest BCUT2D eigenvalue weighted by molar-refractivity contribution is -0.384. The van der Waals surface area contributed by atoms with Gasteiger partial charge in [-0.3, -0.25) is 14.3 Å². The third-order valence-electron chi connectivity index (χ3n) is 4.76. The molecule has 0 spiro atoms. The quantitative estimate of drug-likeness (QED) is 0.161. The molecular weight excluding hydrogens is 410 g/mol. The fraction of sp³-hybridized carbons (Fsp3) is 0.0476. The molecule has 9 heteroatoms. The van der Waals surface area contributed by atoms with Crippen LogP contribution in [0.5, 0.6) is 11.5 Å². The average molecular weight is 425 g/mol. The Labute approximate surface area is 170 Å². The number of benzene rings is 4. The fourth-order valence-electron chi connectivity index (χ4n) is 3.20. The zero-order valence-electron chi connectivity index (χ0n) is 15.3. The summed E-state index contributed by atoms with van der Waals surface area (Å²) >= 11 is 0. The van der Waals surface area contributed by atoms with Crippen LogP contribution >= 0.6 is 0 Å². The maximum absolute atomic E-state index is 12.6. The van der Waals surface area contributed by atoms with Crippen LogP contribution in [-0.2, 0) is 20.9 Å². The van der Waals surface area contributed by atoms with E-state index in [-0.39, 0.29) is 34.1 Å². The van der Waals surface area contributed by atoms with Gasteiger partial charge in [0.2, 0.25) is 0 Å². The number of hydrogen-bond acceptors (Lipinski definition) is 7. The van der Waals surface area contributed by atoms with Crippen LogP contribution < -0.4 is 0 Å². The number of phenolic OH excluding ortho intramolecular Hbond substituents is 2. The molecule has 0 heterocycles. The second-order valence-electron chi connectivity index (χ2n) is 6.59. The molecule has 2 N–H and O–H groups in total. The molecule has 0 saturated heterocycles. The van der Waals surface area contributed by atoms with E-state index < -0.39 is 15.0 Å². The third kappa shape index (κ3) is 3.40. The SMILES string of the molecule is O=[N+]([O-])c1ccc(COS(=O)(=O)c2ccc3c(O)c4ccccc4c(O)c3c2)cc1. The molecule has 0 amide bonds. The van der Waals surface area contributed by atoms with Crippen LogP contribution in [0.25, 0.3) is 21.5 Å². The monoisotopic (exact) mass is 425 g/mol.